The van der Waals surface area contributed by atoms with Crippen molar-refractivity contribution >= 4 is 10.9 Å². The number of hydrogen-bond donors (Lipinski definition) is 0. The van der Waals surface area contributed by atoms with Gasteiger partial charge in [-0.05, 0) is 50.3 Å². The van der Waals surface area contributed by atoms with Gasteiger partial charge >= 0.3 is 0 Å². The molecule has 1 heterocycles. The summed E-state index contributed by atoms with van der Waals surface area (Å²) in [6, 6.07) is 18.4. The predicted octanol–water partition coefficient (Wildman–Crippen LogP) is 5.60. The lowest BCUT2D eigenvalue weighted by Crippen LogP contribution is -2.18. The predicted molar refractivity (Wildman–Crippen MR) is 118 cm³/mol. The lowest BCUT2D eigenvalue weighted by Gasteiger charge is -2.18. The number of ether oxygens (including phenoxy) is 3. The molecule has 3 aromatic rings. The first-order valence-corrected chi connectivity index (χ1v) is 11.0. The zero-order chi connectivity index (χ0) is 20.4. The summed E-state index contributed by atoms with van der Waals surface area (Å²) in [5, 5.41) is 1.05. The van der Waals surface area contributed by atoms with Crippen molar-refractivity contribution in [1.29, 1.82) is 0 Å². The maximum absolute atomic E-state index is 6.29. The van der Waals surface area contributed by atoms with Crippen LogP contribution in [-0.4, -0.2) is 24.3 Å². The number of rotatable bonds is 10. The molecule has 0 unspecified atom stereocenters. The number of fused-ring (bicyclic) bond motifs is 1. The third-order valence-corrected chi connectivity index (χ3v) is 6.16. The number of benzene rings is 2. The van der Waals surface area contributed by atoms with E-state index >= 15 is 0 Å². The minimum absolute atomic E-state index is 0.236. The van der Waals surface area contributed by atoms with Gasteiger partial charge in [0.1, 0.15) is 12.4 Å². The summed E-state index contributed by atoms with van der Waals surface area (Å²) in [6.45, 7) is 4.71. The average Bonchev–Trinajstić information content (AvgIpc) is 3.69. The Bertz CT molecular complexity index is 1010. The standard InChI is InChI=1S/C26H29NO3/c1-19-24(16-28-17-26(13-14-26)18-30-21-11-12-21)27-23-10-6-5-9-22(23)25(19)29-15-20-7-3-2-4-8-20/h2-10,21H,11-18H2,1H3. The van der Waals surface area contributed by atoms with Crippen LogP contribution in [0.3, 0.4) is 0 Å². The van der Waals surface area contributed by atoms with Crippen molar-refractivity contribution in [3.8, 4) is 5.75 Å². The van der Waals surface area contributed by atoms with Crippen LogP contribution in [0.1, 0.15) is 42.5 Å². The SMILES string of the molecule is Cc1c(COCC2(COC3CC3)CC2)nc2ccccc2c1OCc1ccccc1. The van der Waals surface area contributed by atoms with Gasteiger partial charge in [0.15, 0.2) is 0 Å². The highest BCUT2D eigenvalue weighted by molar-refractivity contribution is 5.86. The Morgan fingerprint density at radius 2 is 1.70 bits per heavy atom. The summed E-state index contributed by atoms with van der Waals surface area (Å²) in [7, 11) is 0. The van der Waals surface area contributed by atoms with Gasteiger partial charge in [-0.2, -0.15) is 0 Å². The number of aromatic nitrogens is 1. The molecule has 30 heavy (non-hydrogen) atoms. The fraction of sp³-hybridized carbons (Fsp3) is 0.423. The summed E-state index contributed by atoms with van der Waals surface area (Å²) in [5.74, 6) is 0.904. The van der Waals surface area contributed by atoms with Crippen LogP contribution in [0, 0.1) is 12.3 Å². The van der Waals surface area contributed by atoms with Gasteiger partial charge in [-0.1, -0.05) is 42.5 Å². The molecule has 5 rings (SSSR count). The Labute approximate surface area is 178 Å². The van der Waals surface area contributed by atoms with E-state index in [1.54, 1.807) is 0 Å². The summed E-state index contributed by atoms with van der Waals surface area (Å²) in [5.41, 5.74) is 4.35. The normalized spacial score (nSPS) is 17.2. The molecule has 2 aromatic carbocycles. The minimum Gasteiger partial charge on any atom is -0.488 e. The fourth-order valence-electron chi connectivity index (χ4n) is 3.78. The molecule has 2 fully saturated rings. The van der Waals surface area contributed by atoms with Gasteiger partial charge in [0.25, 0.3) is 0 Å². The third kappa shape index (κ3) is 4.50. The molecule has 0 aliphatic heterocycles. The Balaban J connectivity index is 1.30. The quantitative estimate of drug-likeness (QED) is 0.442. The molecule has 0 bridgehead atoms. The van der Waals surface area contributed by atoms with Crippen LogP contribution in [0.15, 0.2) is 54.6 Å². The number of hydrogen-bond acceptors (Lipinski definition) is 4. The van der Waals surface area contributed by atoms with E-state index in [1.165, 1.54) is 25.7 Å². The van der Waals surface area contributed by atoms with Crippen molar-refractivity contribution < 1.29 is 14.2 Å². The topological polar surface area (TPSA) is 40.6 Å². The van der Waals surface area contributed by atoms with E-state index in [2.05, 4.69) is 25.1 Å². The van der Waals surface area contributed by atoms with Gasteiger partial charge in [0.05, 0.1) is 37.1 Å². The third-order valence-electron chi connectivity index (χ3n) is 6.16. The van der Waals surface area contributed by atoms with Crippen LogP contribution in [0.4, 0.5) is 0 Å². The summed E-state index contributed by atoms with van der Waals surface area (Å²) < 4.78 is 18.4. The second-order valence-corrected chi connectivity index (χ2v) is 8.81. The van der Waals surface area contributed by atoms with Crippen molar-refractivity contribution in [2.75, 3.05) is 13.2 Å². The van der Waals surface area contributed by atoms with Crippen molar-refractivity contribution in [2.24, 2.45) is 5.41 Å². The molecule has 4 heteroatoms. The van der Waals surface area contributed by atoms with Crippen LogP contribution >= 0.6 is 0 Å². The highest BCUT2D eigenvalue weighted by atomic mass is 16.5. The van der Waals surface area contributed by atoms with E-state index in [1.807, 2.05) is 36.4 Å². The van der Waals surface area contributed by atoms with Crippen molar-refractivity contribution in [3.05, 3.63) is 71.4 Å². The van der Waals surface area contributed by atoms with Gasteiger partial charge in [-0.3, -0.25) is 0 Å². The molecule has 2 saturated carbocycles. The zero-order valence-electron chi connectivity index (χ0n) is 17.6. The molecular formula is C26H29NO3. The Morgan fingerprint density at radius 3 is 2.47 bits per heavy atom. The molecule has 156 valence electrons. The second kappa shape index (κ2) is 8.37. The number of pyridine rings is 1. The van der Waals surface area contributed by atoms with Crippen LogP contribution in [0.5, 0.6) is 5.75 Å². The average molecular weight is 404 g/mol. The first-order valence-electron chi connectivity index (χ1n) is 11.0. The molecule has 1 aromatic heterocycles. The molecule has 2 aliphatic rings. The van der Waals surface area contributed by atoms with Crippen molar-refractivity contribution in [1.82, 2.24) is 4.98 Å². The van der Waals surface area contributed by atoms with Gasteiger partial charge in [0.2, 0.25) is 0 Å². The van der Waals surface area contributed by atoms with Crippen LogP contribution < -0.4 is 4.74 Å². The smallest absolute Gasteiger partial charge is 0.134 e. The maximum Gasteiger partial charge on any atom is 0.134 e. The van der Waals surface area contributed by atoms with Crippen LogP contribution in [-0.2, 0) is 22.7 Å². The summed E-state index contributed by atoms with van der Waals surface area (Å²) in [6.07, 6.45) is 5.37. The van der Waals surface area contributed by atoms with Gasteiger partial charge in [0, 0.05) is 16.4 Å². The zero-order valence-corrected chi connectivity index (χ0v) is 17.6. The fourth-order valence-corrected chi connectivity index (χ4v) is 3.78. The molecule has 0 spiro atoms. The molecule has 2 aliphatic carbocycles. The largest absolute Gasteiger partial charge is 0.488 e. The summed E-state index contributed by atoms with van der Waals surface area (Å²) in [4.78, 5) is 4.88. The van der Waals surface area contributed by atoms with Gasteiger partial charge < -0.3 is 14.2 Å². The Morgan fingerprint density at radius 1 is 0.933 bits per heavy atom. The van der Waals surface area contributed by atoms with Crippen LogP contribution in [0.2, 0.25) is 0 Å². The van der Waals surface area contributed by atoms with E-state index in [-0.39, 0.29) is 5.41 Å². The molecule has 0 saturated heterocycles. The molecule has 0 amide bonds. The molecule has 0 radical (unpaired) electrons. The van der Waals surface area contributed by atoms with Crippen LogP contribution in [0.25, 0.3) is 10.9 Å². The Kier molecular flexibility index (Phi) is 5.45. The highest BCUT2D eigenvalue weighted by Gasteiger charge is 2.44. The van der Waals surface area contributed by atoms with Crippen molar-refractivity contribution in [2.45, 2.75) is 51.9 Å². The lowest BCUT2D eigenvalue weighted by atomic mass is 10.1. The first-order chi connectivity index (χ1) is 14.7. The van der Waals surface area contributed by atoms with E-state index < -0.39 is 0 Å². The first kappa shape index (κ1) is 19.5. The van der Waals surface area contributed by atoms with E-state index in [0.717, 1.165) is 46.7 Å². The number of para-hydroxylation sites is 1. The molecule has 0 N–H and O–H groups in total. The van der Waals surface area contributed by atoms with E-state index in [9.17, 15) is 0 Å². The van der Waals surface area contributed by atoms with E-state index in [0.29, 0.717) is 19.3 Å². The minimum atomic E-state index is 0.236. The number of nitrogens with zero attached hydrogens (tertiary/aromatic N) is 1. The molecule has 0 atom stereocenters. The lowest BCUT2D eigenvalue weighted by molar-refractivity contribution is 0.0144. The molecule has 4 nitrogen and oxygen atoms in total. The monoisotopic (exact) mass is 403 g/mol. The van der Waals surface area contributed by atoms with Crippen molar-refractivity contribution in [3.63, 3.8) is 0 Å². The maximum atomic E-state index is 6.29. The highest BCUT2D eigenvalue weighted by Crippen LogP contribution is 2.47. The van der Waals surface area contributed by atoms with E-state index in [4.69, 9.17) is 19.2 Å². The summed E-state index contributed by atoms with van der Waals surface area (Å²) >= 11 is 0. The van der Waals surface area contributed by atoms with Gasteiger partial charge in [-0.25, -0.2) is 4.98 Å². The molecular weight excluding hydrogens is 374 g/mol. The van der Waals surface area contributed by atoms with Gasteiger partial charge in [-0.15, -0.1) is 0 Å². The Hall–Kier alpha value is -2.43. The second-order valence-electron chi connectivity index (χ2n) is 8.81.